The predicted octanol–water partition coefficient (Wildman–Crippen LogP) is 2.15. The number of aliphatic hydroxyl groups is 1. The highest BCUT2D eigenvalue weighted by Gasteiger charge is 2.38. The first kappa shape index (κ1) is 24.0. The molecular weight excluding hydrogens is 392 g/mol. The van der Waals surface area contributed by atoms with Gasteiger partial charge in [-0.25, -0.2) is 0 Å². The summed E-state index contributed by atoms with van der Waals surface area (Å²) >= 11 is 0. The number of nitrogens with zero attached hydrogens (tertiary/aromatic N) is 2. The molecule has 1 unspecified atom stereocenters. The Labute approximate surface area is 187 Å². The van der Waals surface area contributed by atoms with Crippen LogP contribution in [0.15, 0.2) is 35.3 Å². The molecule has 0 spiro atoms. The van der Waals surface area contributed by atoms with E-state index in [1.165, 1.54) is 32.1 Å². The van der Waals surface area contributed by atoms with Crippen molar-refractivity contribution in [1.29, 1.82) is 0 Å². The molecule has 1 aliphatic carbocycles. The third kappa shape index (κ3) is 7.75. The fraction of sp³-hybridized carbons (Fsp3) is 0.708. The lowest BCUT2D eigenvalue weighted by Gasteiger charge is -2.47. The van der Waals surface area contributed by atoms with E-state index in [1.54, 1.807) is 0 Å². The Balaban J connectivity index is 1.49. The summed E-state index contributed by atoms with van der Waals surface area (Å²) < 4.78 is 11.2. The van der Waals surface area contributed by atoms with Crippen molar-refractivity contribution in [2.24, 2.45) is 4.99 Å². The zero-order valence-electron chi connectivity index (χ0n) is 19.0. The summed E-state index contributed by atoms with van der Waals surface area (Å²) in [5.41, 5.74) is 1.25. The molecular formula is C24H40N4O3. The number of nitrogens with one attached hydrogen (secondary N) is 2. The second-order valence-electron chi connectivity index (χ2n) is 8.62. The van der Waals surface area contributed by atoms with Gasteiger partial charge < -0.3 is 25.2 Å². The Morgan fingerprint density at radius 3 is 2.61 bits per heavy atom. The third-order valence-corrected chi connectivity index (χ3v) is 6.27. The zero-order chi connectivity index (χ0) is 21.8. The van der Waals surface area contributed by atoms with E-state index in [-0.39, 0.29) is 5.54 Å². The van der Waals surface area contributed by atoms with Crippen LogP contribution in [0, 0.1) is 0 Å². The van der Waals surface area contributed by atoms with Gasteiger partial charge in [0.15, 0.2) is 5.96 Å². The number of hydrogen-bond acceptors (Lipinski definition) is 5. The van der Waals surface area contributed by atoms with Crippen LogP contribution in [0.4, 0.5) is 0 Å². The topological polar surface area (TPSA) is 78.4 Å². The first-order valence-electron chi connectivity index (χ1n) is 11.9. The number of guanidine groups is 1. The van der Waals surface area contributed by atoms with Crippen molar-refractivity contribution in [3.63, 3.8) is 0 Å². The van der Waals surface area contributed by atoms with Crippen molar-refractivity contribution >= 4 is 5.96 Å². The van der Waals surface area contributed by atoms with Crippen LogP contribution < -0.4 is 10.6 Å². The number of ether oxygens (including phenoxy) is 2. The van der Waals surface area contributed by atoms with Gasteiger partial charge >= 0.3 is 0 Å². The van der Waals surface area contributed by atoms with Crippen molar-refractivity contribution in [3.8, 4) is 0 Å². The van der Waals surface area contributed by atoms with Crippen LogP contribution in [0.2, 0.25) is 0 Å². The summed E-state index contributed by atoms with van der Waals surface area (Å²) in [6.07, 6.45) is 5.68. The highest BCUT2D eigenvalue weighted by molar-refractivity contribution is 5.79. The summed E-state index contributed by atoms with van der Waals surface area (Å²) in [7, 11) is 0. The number of hydrogen-bond donors (Lipinski definition) is 3. The molecule has 31 heavy (non-hydrogen) atoms. The van der Waals surface area contributed by atoms with E-state index in [0.717, 1.165) is 50.9 Å². The van der Waals surface area contributed by atoms with Gasteiger partial charge in [-0.15, -0.1) is 0 Å². The zero-order valence-corrected chi connectivity index (χ0v) is 19.0. The molecule has 0 aromatic heterocycles. The van der Waals surface area contributed by atoms with Crippen LogP contribution >= 0.6 is 0 Å². The van der Waals surface area contributed by atoms with Crippen LogP contribution in [0.1, 0.15) is 44.6 Å². The average Bonchev–Trinajstić information content (AvgIpc) is 2.83. The van der Waals surface area contributed by atoms with Gasteiger partial charge in [0, 0.05) is 31.7 Å². The minimum Gasteiger partial charge on any atom is -0.389 e. The first-order valence-corrected chi connectivity index (χ1v) is 11.9. The third-order valence-electron chi connectivity index (χ3n) is 6.27. The average molecular weight is 433 g/mol. The van der Waals surface area contributed by atoms with Crippen LogP contribution in [-0.4, -0.2) is 80.2 Å². The standard InChI is InChI=1S/C24H40N4O3/c1-2-25-23(26-17-22(29)19-31-18-21-9-5-3-6-10-21)27-20-24(11-7-4-8-12-24)28-13-15-30-16-14-28/h3,5-6,9-10,22,29H,2,4,7-8,11-20H2,1H3,(H2,25,26,27). The molecule has 1 aromatic carbocycles. The maximum atomic E-state index is 10.3. The fourth-order valence-electron chi connectivity index (χ4n) is 4.55. The van der Waals surface area contributed by atoms with Gasteiger partial charge in [-0.3, -0.25) is 9.89 Å². The Morgan fingerprint density at radius 1 is 1.16 bits per heavy atom. The molecule has 174 valence electrons. The van der Waals surface area contributed by atoms with Crippen molar-refractivity contribution in [2.75, 3.05) is 52.5 Å². The molecule has 3 rings (SSSR count). The molecule has 0 bridgehead atoms. The molecule has 1 saturated heterocycles. The highest BCUT2D eigenvalue weighted by atomic mass is 16.5. The van der Waals surface area contributed by atoms with Gasteiger partial charge in [0.05, 0.1) is 39.1 Å². The van der Waals surface area contributed by atoms with Gasteiger partial charge in [0.25, 0.3) is 0 Å². The molecule has 1 saturated carbocycles. The minimum absolute atomic E-state index is 0.141. The molecule has 3 N–H and O–H groups in total. The Kier molecular flexibility index (Phi) is 10.1. The molecule has 2 aliphatic rings. The quantitative estimate of drug-likeness (QED) is 0.388. The van der Waals surface area contributed by atoms with E-state index in [1.807, 2.05) is 30.3 Å². The summed E-state index contributed by atoms with van der Waals surface area (Å²) in [6, 6.07) is 10.0. The lowest BCUT2D eigenvalue weighted by molar-refractivity contribution is -0.0333. The molecule has 1 aliphatic heterocycles. The maximum Gasteiger partial charge on any atom is 0.191 e. The number of aliphatic hydroxyl groups excluding tert-OH is 1. The number of benzene rings is 1. The normalized spacial score (nSPS) is 20.9. The van der Waals surface area contributed by atoms with E-state index in [9.17, 15) is 5.11 Å². The molecule has 7 nitrogen and oxygen atoms in total. The monoisotopic (exact) mass is 432 g/mol. The van der Waals surface area contributed by atoms with Crippen molar-refractivity contribution < 1.29 is 14.6 Å². The summed E-state index contributed by atoms with van der Waals surface area (Å²) in [5, 5.41) is 16.9. The minimum atomic E-state index is -0.588. The van der Waals surface area contributed by atoms with Crippen molar-refractivity contribution in [3.05, 3.63) is 35.9 Å². The van der Waals surface area contributed by atoms with E-state index >= 15 is 0 Å². The molecule has 2 fully saturated rings. The second-order valence-corrected chi connectivity index (χ2v) is 8.62. The fourth-order valence-corrected chi connectivity index (χ4v) is 4.55. The molecule has 1 atom stereocenters. The number of morpholine rings is 1. The second kappa shape index (κ2) is 13.0. The molecule has 1 heterocycles. The molecule has 0 amide bonds. The van der Waals surface area contributed by atoms with Crippen LogP contribution in [-0.2, 0) is 16.1 Å². The van der Waals surface area contributed by atoms with Gasteiger partial charge in [-0.1, -0.05) is 49.6 Å². The largest absolute Gasteiger partial charge is 0.389 e. The summed E-state index contributed by atoms with van der Waals surface area (Å²) in [4.78, 5) is 7.55. The predicted molar refractivity (Wildman–Crippen MR) is 124 cm³/mol. The number of rotatable bonds is 10. The van der Waals surface area contributed by atoms with Crippen molar-refractivity contribution in [2.45, 2.75) is 57.3 Å². The van der Waals surface area contributed by atoms with Crippen LogP contribution in [0.5, 0.6) is 0 Å². The Bertz CT molecular complexity index is 643. The SMILES string of the molecule is CCNC(=NCC1(N2CCOCC2)CCCCC1)NCC(O)COCc1ccccc1. The van der Waals surface area contributed by atoms with Crippen molar-refractivity contribution in [1.82, 2.24) is 15.5 Å². The molecule has 1 aromatic rings. The van der Waals surface area contributed by atoms with Crippen LogP contribution in [0.25, 0.3) is 0 Å². The van der Waals surface area contributed by atoms with E-state index in [4.69, 9.17) is 14.5 Å². The highest BCUT2D eigenvalue weighted by Crippen LogP contribution is 2.34. The van der Waals surface area contributed by atoms with Gasteiger partial charge in [-0.2, -0.15) is 0 Å². The Hall–Kier alpha value is -1.67. The summed E-state index contributed by atoms with van der Waals surface area (Å²) in [5.74, 6) is 0.766. The van der Waals surface area contributed by atoms with E-state index in [0.29, 0.717) is 19.8 Å². The summed E-state index contributed by atoms with van der Waals surface area (Å²) in [6.45, 7) is 8.47. The van der Waals surface area contributed by atoms with Gasteiger partial charge in [0.1, 0.15) is 0 Å². The smallest absolute Gasteiger partial charge is 0.191 e. The Morgan fingerprint density at radius 2 is 1.90 bits per heavy atom. The van der Waals surface area contributed by atoms with Gasteiger partial charge in [-0.05, 0) is 25.3 Å². The van der Waals surface area contributed by atoms with E-state index < -0.39 is 6.10 Å². The molecule has 0 radical (unpaired) electrons. The maximum absolute atomic E-state index is 10.3. The number of aliphatic imine (C=N–C) groups is 1. The first-order chi connectivity index (χ1) is 15.2. The van der Waals surface area contributed by atoms with Gasteiger partial charge in [0.2, 0.25) is 0 Å². The van der Waals surface area contributed by atoms with Crippen LogP contribution in [0.3, 0.4) is 0 Å². The lowest BCUT2D eigenvalue weighted by Crippen LogP contribution is -2.56. The molecule has 7 heteroatoms. The lowest BCUT2D eigenvalue weighted by atomic mass is 9.80. The van der Waals surface area contributed by atoms with E-state index in [2.05, 4.69) is 22.5 Å².